The molecule has 140 valence electrons. The number of carbonyl (C=O) groups excluding carboxylic acids is 1. The number of nitrogens with one attached hydrogen (secondary N) is 3. The molecule has 0 aromatic heterocycles. The molecule has 0 unspecified atom stereocenters. The lowest BCUT2D eigenvalue weighted by Crippen LogP contribution is -2.41. The summed E-state index contributed by atoms with van der Waals surface area (Å²) >= 11 is 0. The molecule has 1 rings (SSSR count). The number of ether oxygens (including phenoxy) is 1. The van der Waals surface area contributed by atoms with Crippen molar-refractivity contribution in [3.05, 3.63) is 29.8 Å². The van der Waals surface area contributed by atoms with Gasteiger partial charge >= 0.3 is 6.36 Å². The smallest absolute Gasteiger partial charge is 0.405 e. The summed E-state index contributed by atoms with van der Waals surface area (Å²) in [5.41, 5.74) is 0.343. The number of aliphatic imine (C=N–C) groups is 1. The second-order valence-corrected chi connectivity index (χ2v) is 5.45. The Morgan fingerprint density at radius 3 is 2.40 bits per heavy atom. The second-order valence-electron chi connectivity index (χ2n) is 5.45. The van der Waals surface area contributed by atoms with E-state index < -0.39 is 6.36 Å². The summed E-state index contributed by atoms with van der Waals surface area (Å²) in [5.74, 6) is -0.00620. The van der Waals surface area contributed by atoms with E-state index in [4.69, 9.17) is 0 Å². The number of para-hydroxylation sites is 1. The van der Waals surface area contributed by atoms with Gasteiger partial charge in [0.2, 0.25) is 5.91 Å². The number of alkyl halides is 3. The Morgan fingerprint density at radius 2 is 1.80 bits per heavy atom. The highest BCUT2D eigenvalue weighted by molar-refractivity contribution is 5.80. The molecule has 0 saturated heterocycles. The fourth-order valence-corrected chi connectivity index (χ4v) is 1.84. The molecule has 0 aliphatic rings. The minimum atomic E-state index is -4.75. The summed E-state index contributed by atoms with van der Waals surface area (Å²) in [6, 6.07) is 5.87. The summed E-state index contributed by atoms with van der Waals surface area (Å²) in [5, 5.41) is 8.61. The van der Waals surface area contributed by atoms with E-state index in [0.717, 1.165) is 0 Å². The molecule has 1 aromatic carbocycles. The van der Waals surface area contributed by atoms with Crippen LogP contribution in [-0.4, -0.2) is 38.4 Å². The molecule has 1 aromatic rings. The number of hydrogen-bond donors (Lipinski definition) is 3. The number of rotatable bonds is 7. The van der Waals surface area contributed by atoms with E-state index in [-0.39, 0.29) is 24.1 Å². The van der Waals surface area contributed by atoms with Crippen LogP contribution in [0.25, 0.3) is 0 Å². The molecule has 1 amide bonds. The number of hydrogen-bond acceptors (Lipinski definition) is 3. The molecule has 0 saturated carbocycles. The van der Waals surface area contributed by atoms with Gasteiger partial charge in [-0.05, 0) is 6.07 Å². The molecule has 0 aliphatic heterocycles. The Bertz CT molecular complexity index is 589. The molecule has 0 aliphatic carbocycles. The Hall–Kier alpha value is -2.45. The molecule has 0 fully saturated rings. The zero-order chi connectivity index (χ0) is 18.9. The predicted octanol–water partition coefficient (Wildman–Crippen LogP) is 2.02. The van der Waals surface area contributed by atoms with Gasteiger partial charge in [0, 0.05) is 38.2 Å². The van der Waals surface area contributed by atoms with Gasteiger partial charge in [-0.15, -0.1) is 13.2 Å². The largest absolute Gasteiger partial charge is 0.573 e. The van der Waals surface area contributed by atoms with Crippen molar-refractivity contribution in [1.29, 1.82) is 0 Å². The first-order chi connectivity index (χ1) is 11.7. The van der Waals surface area contributed by atoms with Crippen LogP contribution < -0.4 is 20.7 Å². The standard InChI is InChI=1S/C16H23F3N4O2/c1-11(2)14(24)21-8-9-22-15(20-3)23-10-12-6-4-5-7-13(12)25-16(17,18)19/h4-7,11H,8-10H2,1-3H3,(H,21,24)(H2,20,22,23). The van der Waals surface area contributed by atoms with Crippen LogP contribution in [0.15, 0.2) is 29.3 Å². The number of halogens is 3. The normalized spacial score (nSPS) is 12.0. The van der Waals surface area contributed by atoms with Gasteiger partial charge in [-0.1, -0.05) is 32.0 Å². The lowest BCUT2D eigenvalue weighted by Gasteiger charge is -2.16. The second kappa shape index (κ2) is 9.75. The van der Waals surface area contributed by atoms with E-state index >= 15 is 0 Å². The van der Waals surface area contributed by atoms with Crippen molar-refractivity contribution in [2.24, 2.45) is 10.9 Å². The third kappa shape index (κ3) is 8.27. The Balaban J connectivity index is 2.49. The van der Waals surface area contributed by atoms with Crippen LogP contribution in [0.1, 0.15) is 19.4 Å². The summed E-state index contributed by atoms with van der Waals surface area (Å²) in [6.07, 6.45) is -4.75. The fourth-order valence-electron chi connectivity index (χ4n) is 1.84. The predicted molar refractivity (Wildman–Crippen MR) is 89.2 cm³/mol. The molecule has 25 heavy (non-hydrogen) atoms. The number of guanidine groups is 1. The number of benzene rings is 1. The summed E-state index contributed by atoms with van der Waals surface area (Å²) in [7, 11) is 1.54. The molecule has 6 nitrogen and oxygen atoms in total. The maximum Gasteiger partial charge on any atom is 0.573 e. The average molecular weight is 360 g/mol. The van der Waals surface area contributed by atoms with E-state index in [2.05, 4.69) is 25.7 Å². The molecular weight excluding hydrogens is 337 g/mol. The fraction of sp³-hybridized carbons (Fsp3) is 0.500. The highest BCUT2D eigenvalue weighted by Gasteiger charge is 2.31. The van der Waals surface area contributed by atoms with Crippen LogP contribution >= 0.6 is 0 Å². The molecular formula is C16H23F3N4O2. The van der Waals surface area contributed by atoms with Crippen molar-refractivity contribution in [3.8, 4) is 5.75 Å². The van der Waals surface area contributed by atoms with Crippen molar-refractivity contribution in [3.63, 3.8) is 0 Å². The van der Waals surface area contributed by atoms with Crippen LogP contribution in [0.4, 0.5) is 13.2 Å². The topological polar surface area (TPSA) is 74.8 Å². The zero-order valence-corrected chi connectivity index (χ0v) is 14.4. The van der Waals surface area contributed by atoms with Crippen molar-refractivity contribution in [2.75, 3.05) is 20.1 Å². The van der Waals surface area contributed by atoms with Gasteiger partial charge in [0.05, 0.1) is 0 Å². The Labute approximate surface area is 144 Å². The molecule has 9 heteroatoms. The number of nitrogens with zero attached hydrogens (tertiary/aromatic N) is 1. The maximum absolute atomic E-state index is 12.4. The first-order valence-electron chi connectivity index (χ1n) is 7.79. The molecule has 0 heterocycles. The third-order valence-electron chi connectivity index (χ3n) is 3.11. The van der Waals surface area contributed by atoms with E-state index in [1.54, 1.807) is 27.0 Å². The quantitative estimate of drug-likeness (QED) is 0.395. The number of amides is 1. The van der Waals surface area contributed by atoms with Crippen molar-refractivity contribution in [2.45, 2.75) is 26.8 Å². The van der Waals surface area contributed by atoms with E-state index in [1.807, 2.05) is 0 Å². The first kappa shape index (κ1) is 20.6. The van der Waals surface area contributed by atoms with Crippen molar-refractivity contribution < 1.29 is 22.7 Å². The van der Waals surface area contributed by atoms with E-state index in [1.165, 1.54) is 18.2 Å². The van der Waals surface area contributed by atoms with Gasteiger partial charge in [-0.25, -0.2) is 0 Å². The summed E-state index contributed by atoms with van der Waals surface area (Å²) < 4.78 is 41.2. The summed E-state index contributed by atoms with van der Waals surface area (Å²) in [6.45, 7) is 4.53. The van der Waals surface area contributed by atoms with Gasteiger partial charge in [-0.3, -0.25) is 9.79 Å². The van der Waals surface area contributed by atoms with Crippen LogP contribution in [0.5, 0.6) is 5.75 Å². The monoisotopic (exact) mass is 360 g/mol. The van der Waals surface area contributed by atoms with Gasteiger partial charge in [0.25, 0.3) is 0 Å². The highest BCUT2D eigenvalue weighted by Crippen LogP contribution is 2.25. The average Bonchev–Trinajstić information content (AvgIpc) is 2.53. The van der Waals surface area contributed by atoms with Crippen LogP contribution in [0.3, 0.4) is 0 Å². The maximum atomic E-state index is 12.4. The summed E-state index contributed by atoms with van der Waals surface area (Å²) in [4.78, 5) is 15.4. The van der Waals surface area contributed by atoms with Gasteiger partial charge < -0.3 is 20.7 Å². The van der Waals surface area contributed by atoms with E-state index in [0.29, 0.717) is 24.6 Å². The SMILES string of the molecule is CN=C(NCCNC(=O)C(C)C)NCc1ccccc1OC(F)(F)F. The molecule has 0 bridgehead atoms. The lowest BCUT2D eigenvalue weighted by molar-refractivity contribution is -0.274. The highest BCUT2D eigenvalue weighted by atomic mass is 19.4. The Morgan fingerprint density at radius 1 is 1.16 bits per heavy atom. The van der Waals surface area contributed by atoms with Gasteiger partial charge in [-0.2, -0.15) is 0 Å². The van der Waals surface area contributed by atoms with Crippen LogP contribution in [0, 0.1) is 5.92 Å². The van der Waals surface area contributed by atoms with Crippen molar-refractivity contribution >= 4 is 11.9 Å². The van der Waals surface area contributed by atoms with Crippen LogP contribution in [-0.2, 0) is 11.3 Å². The van der Waals surface area contributed by atoms with E-state index in [9.17, 15) is 18.0 Å². The number of carbonyl (C=O) groups is 1. The third-order valence-corrected chi connectivity index (χ3v) is 3.11. The minimum absolute atomic E-state index is 0.0528. The van der Waals surface area contributed by atoms with Gasteiger partial charge in [0.15, 0.2) is 5.96 Å². The van der Waals surface area contributed by atoms with Crippen molar-refractivity contribution in [1.82, 2.24) is 16.0 Å². The van der Waals surface area contributed by atoms with Gasteiger partial charge in [0.1, 0.15) is 5.75 Å². The lowest BCUT2D eigenvalue weighted by atomic mass is 10.2. The molecule has 0 radical (unpaired) electrons. The first-order valence-corrected chi connectivity index (χ1v) is 7.79. The molecule has 0 atom stereocenters. The molecule has 3 N–H and O–H groups in total. The van der Waals surface area contributed by atoms with Crippen LogP contribution in [0.2, 0.25) is 0 Å². The minimum Gasteiger partial charge on any atom is -0.405 e. The zero-order valence-electron chi connectivity index (χ0n) is 14.4. The molecule has 0 spiro atoms. The Kier molecular flexibility index (Phi) is 8.03.